The standard InChI is InChI=1S/C22H20N2O3/c1-15-7-10-20-19(13-15)21(23-26)22(25)24(20)11-4-12-27-18-9-8-16-5-2-3-6-17(16)14-18/h2-3,5-10,13-14,26H,4,11-12H2,1H3/p+1. The van der Waals surface area contributed by atoms with Crippen LogP contribution >= 0.6 is 0 Å². The van der Waals surface area contributed by atoms with Crippen molar-refractivity contribution in [3.05, 3.63) is 71.8 Å². The molecular formula is C22H21N2O3+. The Morgan fingerprint density at radius 2 is 1.85 bits per heavy atom. The number of carbonyl (C=O) groups excluding carboxylic acids is 1. The summed E-state index contributed by atoms with van der Waals surface area (Å²) < 4.78 is 5.87. The van der Waals surface area contributed by atoms with Crippen molar-refractivity contribution < 1.29 is 19.6 Å². The molecule has 1 atom stereocenters. The Morgan fingerprint density at radius 3 is 2.67 bits per heavy atom. The number of nitrogens with one attached hydrogen (secondary N) is 1. The third-order valence-corrected chi connectivity index (χ3v) is 4.91. The molecule has 5 heteroatoms. The zero-order chi connectivity index (χ0) is 18.8. The number of aryl methyl sites for hydroxylation is 1. The molecule has 0 spiro atoms. The van der Waals surface area contributed by atoms with Crippen LogP contribution in [0.15, 0.2) is 65.8 Å². The van der Waals surface area contributed by atoms with Crippen molar-refractivity contribution in [2.75, 3.05) is 13.2 Å². The fraction of sp³-hybridized carbons (Fsp3) is 0.182. The van der Waals surface area contributed by atoms with Gasteiger partial charge in [0.05, 0.1) is 18.7 Å². The lowest BCUT2D eigenvalue weighted by atomic mass is 10.1. The smallest absolute Gasteiger partial charge is 0.372 e. The fourth-order valence-corrected chi connectivity index (χ4v) is 3.55. The third kappa shape index (κ3) is 3.29. The molecule has 1 aliphatic heterocycles. The van der Waals surface area contributed by atoms with Crippen molar-refractivity contribution in [1.82, 2.24) is 0 Å². The van der Waals surface area contributed by atoms with E-state index in [9.17, 15) is 10.0 Å². The number of hydrogen-bond acceptors (Lipinski definition) is 4. The number of fused-ring (bicyclic) bond motifs is 2. The lowest BCUT2D eigenvalue weighted by Gasteiger charge is -2.12. The summed E-state index contributed by atoms with van der Waals surface area (Å²) in [7, 11) is 0. The van der Waals surface area contributed by atoms with Gasteiger partial charge >= 0.3 is 5.91 Å². The SMILES string of the molecule is Cc1ccc2c(c1)C(=NO)C(=O)[NH+]2CCCOc1ccc2ccccc2c1. The molecule has 0 saturated carbocycles. The van der Waals surface area contributed by atoms with Crippen molar-refractivity contribution in [2.45, 2.75) is 13.3 Å². The minimum atomic E-state index is -0.191. The first-order valence-electron chi connectivity index (χ1n) is 9.03. The highest BCUT2D eigenvalue weighted by Gasteiger charge is 2.40. The van der Waals surface area contributed by atoms with E-state index in [2.05, 4.69) is 17.3 Å². The van der Waals surface area contributed by atoms with Crippen LogP contribution in [0.25, 0.3) is 10.8 Å². The number of rotatable bonds is 5. The van der Waals surface area contributed by atoms with E-state index in [4.69, 9.17) is 4.74 Å². The molecule has 5 nitrogen and oxygen atoms in total. The number of quaternary nitrogens is 1. The van der Waals surface area contributed by atoms with E-state index in [0.717, 1.165) is 22.4 Å². The summed E-state index contributed by atoms with van der Waals surface area (Å²) in [5.41, 5.74) is 2.75. The van der Waals surface area contributed by atoms with Gasteiger partial charge in [-0.1, -0.05) is 41.6 Å². The van der Waals surface area contributed by atoms with E-state index in [-0.39, 0.29) is 11.6 Å². The number of hydrogen-bond donors (Lipinski definition) is 2. The normalized spacial score (nSPS) is 17.4. The summed E-state index contributed by atoms with van der Waals surface area (Å²) in [6.45, 7) is 3.05. The van der Waals surface area contributed by atoms with Gasteiger partial charge in [-0.05, 0) is 41.5 Å². The molecule has 0 saturated heterocycles. The maximum atomic E-state index is 12.5. The van der Waals surface area contributed by atoms with Crippen LogP contribution in [-0.2, 0) is 4.79 Å². The molecule has 0 aromatic heterocycles. The zero-order valence-corrected chi connectivity index (χ0v) is 15.1. The second-order valence-electron chi connectivity index (χ2n) is 6.77. The minimum Gasteiger partial charge on any atom is -0.493 e. The molecule has 4 rings (SSSR count). The largest absolute Gasteiger partial charge is 0.493 e. The Balaban J connectivity index is 1.41. The molecule has 3 aromatic rings. The molecule has 0 aliphatic carbocycles. The van der Waals surface area contributed by atoms with E-state index >= 15 is 0 Å². The van der Waals surface area contributed by atoms with Crippen LogP contribution in [0.4, 0.5) is 5.69 Å². The van der Waals surface area contributed by atoms with E-state index in [1.54, 1.807) is 0 Å². The number of nitrogens with zero attached hydrogens (tertiary/aromatic N) is 1. The number of ether oxygens (including phenoxy) is 1. The van der Waals surface area contributed by atoms with E-state index in [1.165, 1.54) is 5.39 Å². The first-order chi connectivity index (χ1) is 13.2. The third-order valence-electron chi connectivity index (χ3n) is 4.91. The van der Waals surface area contributed by atoms with Gasteiger partial charge in [0.15, 0.2) is 0 Å². The Morgan fingerprint density at radius 1 is 1.04 bits per heavy atom. The summed E-state index contributed by atoms with van der Waals surface area (Å²) in [6.07, 6.45) is 0.708. The summed E-state index contributed by atoms with van der Waals surface area (Å²) in [5, 5.41) is 14.8. The quantitative estimate of drug-likeness (QED) is 0.417. The van der Waals surface area contributed by atoms with Crippen molar-refractivity contribution in [3.63, 3.8) is 0 Å². The van der Waals surface area contributed by atoms with Crippen LogP contribution in [-0.4, -0.2) is 30.0 Å². The van der Waals surface area contributed by atoms with E-state index in [0.29, 0.717) is 30.0 Å². The first kappa shape index (κ1) is 17.2. The van der Waals surface area contributed by atoms with Gasteiger partial charge in [-0.15, -0.1) is 0 Å². The second kappa shape index (κ2) is 7.21. The van der Waals surface area contributed by atoms with Gasteiger partial charge in [0.25, 0.3) is 0 Å². The monoisotopic (exact) mass is 361 g/mol. The zero-order valence-electron chi connectivity index (χ0n) is 15.1. The molecule has 3 aromatic carbocycles. The maximum Gasteiger partial charge on any atom is 0.372 e. The topological polar surface area (TPSA) is 63.3 Å². The molecule has 2 N–H and O–H groups in total. The Kier molecular flexibility index (Phi) is 4.60. The van der Waals surface area contributed by atoms with Crippen LogP contribution < -0.4 is 9.64 Å². The minimum absolute atomic E-state index is 0.138. The molecule has 0 bridgehead atoms. The summed E-state index contributed by atoms with van der Waals surface area (Å²) in [6, 6.07) is 20.0. The first-order valence-corrected chi connectivity index (χ1v) is 9.03. The highest BCUT2D eigenvalue weighted by Crippen LogP contribution is 2.21. The Labute approximate surface area is 157 Å². The highest BCUT2D eigenvalue weighted by atomic mass is 16.5. The lowest BCUT2D eigenvalue weighted by molar-refractivity contribution is -0.742. The summed E-state index contributed by atoms with van der Waals surface area (Å²) in [5.74, 6) is 0.633. The van der Waals surface area contributed by atoms with Gasteiger partial charge in [-0.25, -0.2) is 9.69 Å². The average molecular weight is 361 g/mol. The van der Waals surface area contributed by atoms with Gasteiger partial charge < -0.3 is 9.94 Å². The molecule has 27 heavy (non-hydrogen) atoms. The van der Waals surface area contributed by atoms with Crippen LogP contribution in [0.3, 0.4) is 0 Å². The van der Waals surface area contributed by atoms with Crippen molar-refractivity contribution in [1.29, 1.82) is 0 Å². The van der Waals surface area contributed by atoms with Gasteiger partial charge in [0.1, 0.15) is 11.4 Å². The molecule has 136 valence electrons. The van der Waals surface area contributed by atoms with Crippen LogP contribution in [0.1, 0.15) is 17.5 Å². The van der Waals surface area contributed by atoms with Crippen LogP contribution in [0.2, 0.25) is 0 Å². The highest BCUT2D eigenvalue weighted by molar-refractivity contribution is 6.45. The summed E-state index contributed by atoms with van der Waals surface area (Å²) >= 11 is 0. The average Bonchev–Trinajstić information content (AvgIpc) is 2.95. The number of carbonyl (C=O) groups is 1. The van der Waals surface area contributed by atoms with E-state index in [1.807, 2.05) is 55.5 Å². The maximum absolute atomic E-state index is 12.5. The van der Waals surface area contributed by atoms with Crippen molar-refractivity contribution in [3.8, 4) is 5.75 Å². The molecule has 1 aliphatic rings. The Hall–Kier alpha value is -3.18. The molecule has 1 amide bonds. The fourth-order valence-electron chi connectivity index (χ4n) is 3.55. The van der Waals surface area contributed by atoms with Crippen LogP contribution in [0.5, 0.6) is 5.75 Å². The van der Waals surface area contributed by atoms with E-state index < -0.39 is 0 Å². The Bertz CT molecular complexity index is 1040. The van der Waals surface area contributed by atoms with Gasteiger partial charge in [0.2, 0.25) is 5.71 Å². The second-order valence-corrected chi connectivity index (χ2v) is 6.77. The number of benzene rings is 3. The van der Waals surface area contributed by atoms with Crippen molar-refractivity contribution >= 4 is 28.1 Å². The number of oxime groups is 1. The lowest BCUT2D eigenvalue weighted by Crippen LogP contribution is -3.09. The predicted molar refractivity (Wildman–Crippen MR) is 104 cm³/mol. The van der Waals surface area contributed by atoms with Crippen molar-refractivity contribution in [2.24, 2.45) is 5.16 Å². The predicted octanol–water partition coefficient (Wildman–Crippen LogP) is 2.85. The number of amides is 1. The summed E-state index contributed by atoms with van der Waals surface area (Å²) in [4.78, 5) is 13.2. The molecule has 1 heterocycles. The van der Waals surface area contributed by atoms with Gasteiger partial charge in [-0.2, -0.15) is 0 Å². The van der Waals surface area contributed by atoms with Crippen LogP contribution in [0, 0.1) is 6.92 Å². The molecule has 1 unspecified atom stereocenters. The molecule has 0 fully saturated rings. The molecular weight excluding hydrogens is 340 g/mol. The van der Waals surface area contributed by atoms with Gasteiger partial charge in [-0.3, -0.25) is 0 Å². The molecule has 0 radical (unpaired) electrons. The van der Waals surface area contributed by atoms with Gasteiger partial charge in [0, 0.05) is 12.5 Å².